The van der Waals surface area contributed by atoms with Crippen molar-refractivity contribution in [1.29, 1.82) is 0 Å². The molecule has 0 spiro atoms. The van der Waals surface area contributed by atoms with E-state index in [4.69, 9.17) is 4.74 Å². The Morgan fingerprint density at radius 3 is 2.62 bits per heavy atom. The summed E-state index contributed by atoms with van der Waals surface area (Å²) in [5.41, 5.74) is 1.58. The number of nitrogens with zero attached hydrogens (tertiary/aromatic N) is 3. The summed E-state index contributed by atoms with van der Waals surface area (Å²) in [5, 5.41) is 6.38. The van der Waals surface area contributed by atoms with Crippen molar-refractivity contribution < 1.29 is 9.13 Å². The van der Waals surface area contributed by atoms with Crippen LogP contribution in [0, 0.1) is 5.82 Å². The first kappa shape index (κ1) is 16.8. The van der Waals surface area contributed by atoms with E-state index in [0.29, 0.717) is 5.56 Å². The first-order chi connectivity index (χ1) is 11.7. The molecule has 1 heterocycles. The number of anilines is 1. The van der Waals surface area contributed by atoms with Crippen LogP contribution in [-0.4, -0.2) is 44.5 Å². The van der Waals surface area contributed by atoms with Gasteiger partial charge in [0.1, 0.15) is 11.6 Å². The number of benzene rings is 2. The zero-order chi connectivity index (χ0) is 16.9. The van der Waals surface area contributed by atoms with Crippen LogP contribution in [0.3, 0.4) is 0 Å². The molecule has 0 N–H and O–H groups in total. The van der Waals surface area contributed by atoms with Crippen LogP contribution in [0.5, 0.6) is 5.75 Å². The maximum atomic E-state index is 13.7. The molecule has 0 unspecified atom stereocenters. The van der Waals surface area contributed by atoms with Gasteiger partial charge in [-0.25, -0.2) is 4.39 Å². The highest BCUT2D eigenvalue weighted by Crippen LogP contribution is 2.28. The molecule has 1 aliphatic heterocycles. The van der Waals surface area contributed by atoms with Crippen molar-refractivity contribution >= 4 is 27.8 Å². The molecule has 126 valence electrons. The van der Waals surface area contributed by atoms with Crippen LogP contribution in [0.4, 0.5) is 10.1 Å². The molecule has 0 amide bonds. The van der Waals surface area contributed by atoms with Crippen molar-refractivity contribution in [3.05, 3.63) is 58.3 Å². The molecular formula is C18H19BrFN3O. The molecule has 1 aliphatic rings. The third kappa shape index (κ3) is 3.87. The van der Waals surface area contributed by atoms with E-state index in [0.717, 1.165) is 42.1 Å². The minimum Gasteiger partial charge on any atom is -0.495 e. The lowest BCUT2D eigenvalue weighted by Gasteiger charge is -2.35. The molecule has 0 aliphatic carbocycles. The van der Waals surface area contributed by atoms with Crippen molar-refractivity contribution in [3.63, 3.8) is 0 Å². The molecule has 0 bridgehead atoms. The van der Waals surface area contributed by atoms with Gasteiger partial charge in [-0.15, -0.1) is 0 Å². The second-order valence-electron chi connectivity index (χ2n) is 5.52. The van der Waals surface area contributed by atoms with Gasteiger partial charge < -0.3 is 9.64 Å². The number of rotatable bonds is 4. The van der Waals surface area contributed by atoms with Crippen LogP contribution in [0.15, 0.2) is 52.0 Å². The molecule has 4 nitrogen and oxygen atoms in total. The number of hydrogen-bond donors (Lipinski definition) is 0. The Morgan fingerprint density at radius 1 is 1.12 bits per heavy atom. The molecule has 0 saturated carbocycles. The lowest BCUT2D eigenvalue weighted by Crippen LogP contribution is -2.44. The number of para-hydroxylation sites is 2. The molecule has 2 aromatic carbocycles. The van der Waals surface area contributed by atoms with Crippen LogP contribution < -0.4 is 9.64 Å². The summed E-state index contributed by atoms with van der Waals surface area (Å²) in [6.45, 7) is 3.26. The molecule has 1 fully saturated rings. The molecule has 3 rings (SSSR count). The summed E-state index contributed by atoms with van der Waals surface area (Å²) in [4.78, 5) is 2.28. The second-order valence-corrected chi connectivity index (χ2v) is 6.44. The number of ether oxygens (including phenoxy) is 1. The van der Waals surface area contributed by atoms with Gasteiger partial charge in [-0.05, 0) is 30.3 Å². The summed E-state index contributed by atoms with van der Waals surface area (Å²) in [6, 6.07) is 12.9. The average Bonchev–Trinajstić information content (AvgIpc) is 2.63. The third-order valence-corrected chi connectivity index (χ3v) is 4.49. The van der Waals surface area contributed by atoms with Gasteiger partial charge in [0.25, 0.3) is 0 Å². The maximum Gasteiger partial charge on any atom is 0.142 e. The first-order valence-corrected chi connectivity index (χ1v) is 8.58. The zero-order valence-corrected chi connectivity index (χ0v) is 15.0. The predicted octanol–water partition coefficient (Wildman–Crippen LogP) is 3.75. The van der Waals surface area contributed by atoms with Gasteiger partial charge in [-0.2, -0.15) is 5.10 Å². The normalized spacial score (nSPS) is 15.1. The monoisotopic (exact) mass is 391 g/mol. The van der Waals surface area contributed by atoms with E-state index >= 15 is 0 Å². The van der Waals surface area contributed by atoms with E-state index < -0.39 is 0 Å². The number of methoxy groups -OCH3 is 1. The predicted molar refractivity (Wildman–Crippen MR) is 98.5 cm³/mol. The van der Waals surface area contributed by atoms with Crippen LogP contribution in [0.25, 0.3) is 0 Å². The van der Waals surface area contributed by atoms with Crippen molar-refractivity contribution in [2.45, 2.75) is 0 Å². The maximum absolute atomic E-state index is 13.7. The number of piperazine rings is 1. The van der Waals surface area contributed by atoms with E-state index in [1.807, 2.05) is 23.2 Å². The summed E-state index contributed by atoms with van der Waals surface area (Å²) in [7, 11) is 1.69. The minimum absolute atomic E-state index is 0.269. The van der Waals surface area contributed by atoms with E-state index in [2.05, 4.69) is 32.0 Å². The van der Waals surface area contributed by atoms with Crippen LogP contribution in [-0.2, 0) is 0 Å². The number of halogens is 2. The Bertz CT molecular complexity index is 730. The Balaban J connectivity index is 1.63. The van der Waals surface area contributed by atoms with Gasteiger partial charge in [0.2, 0.25) is 0 Å². The molecule has 2 aromatic rings. The SMILES string of the molecule is COc1ccccc1N1CCN(/N=C\c2cc(Br)ccc2F)CC1. The van der Waals surface area contributed by atoms with Gasteiger partial charge in [0.15, 0.2) is 0 Å². The van der Waals surface area contributed by atoms with Crippen LogP contribution in [0.2, 0.25) is 0 Å². The van der Waals surface area contributed by atoms with Crippen molar-refractivity contribution in [2.24, 2.45) is 5.10 Å². The first-order valence-electron chi connectivity index (χ1n) is 7.79. The molecular weight excluding hydrogens is 373 g/mol. The lowest BCUT2D eigenvalue weighted by molar-refractivity contribution is 0.271. The van der Waals surface area contributed by atoms with Gasteiger partial charge in [0.05, 0.1) is 32.1 Å². The van der Waals surface area contributed by atoms with E-state index in [-0.39, 0.29) is 5.82 Å². The number of hydrogen-bond acceptors (Lipinski definition) is 4. The second kappa shape index (κ2) is 7.66. The fourth-order valence-electron chi connectivity index (χ4n) is 2.70. The van der Waals surface area contributed by atoms with Crippen LogP contribution in [0.1, 0.15) is 5.56 Å². The van der Waals surface area contributed by atoms with Crippen molar-refractivity contribution in [1.82, 2.24) is 5.01 Å². The summed E-state index contributed by atoms with van der Waals surface area (Å²) in [6.07, 6.45) is 1.58. The standard InChI is InChI=1S/C18H19BrFN3O/c1-24-18-5-3-2-4-17(18)22-8-10-23(11-9-22)21-13-14-12-15(19)6-7-16(14)20/h2-7,12-13H,8-11H2,1H3/b21-13-. The Labute approximate surface area is 149 Å². The third-order valence-electron chi connectivity index (χ3n) is 4.00. The molecule has 0 radical (unpaired) electrons. The average molecular weight is 392 g/mol. The van der Waals surface area contributed by atoms with E-state index in [1.165, 1.54) is 6.07 Å². The summed E-state index contributed by atoms with van der Waals surface area (Å²) >= 11 is 3.35. The van der Waals surface area contributed by atoms with E-state index in [1.54, 1.807) is 25.5 Å². The highest BCUT2D eigenvalue weighted by atomic mass is 79.9. The lowest BCUT2D eigenvalue weighted by atomic mass is 10.2. The molecule has 24 heavy (non-hydrogen) atoms. The van der Waals surface area contributed by atoms with Crippen molar-refractivity contribution in [3.8, 4) is 5.75 Å². The largest absolute Gasteiger partial charge is 0.495 e. The fourth-order valence-corrected chi connectivity index (χ4v) is 3.08. The quantitative estimate of drug-likeness (QED) is 0.742. The topological polar surface area (TPSA) is 28.1 Å². The minimum atomic E-state index is -0.269. The molecule has 1 saturated heterocycles. The Kier molecular flexibility index (Phi) is 5.35. The van der Waals surface area contributed by atoms with Crippen LogP contribution >= 0.6 is 15.9 Å². The van der Waals surface area contributed by atoms with Gasteiger partial charge in [-0.1, -0.05) is 28.1 Å². The molecule has 6 heteroatoms. The molecule has 0 aromatic heterocycles. The van der Waals surface area contributed by atoms with E-state index in [9.17, 15) is 4.39 Å². The Hall–Kier alpha value is -2.08. The summed E-state index contributed by atoms with van der Waals surface area (Å²) < 4.78 is 20.0. The highest BCUT2D eigenvalue weighted by Gasteiger charge is 2.18. The van der Waals surface area contributed by atoms with Gasteiger partial charge >= 0.3 is 0 Å². The highest BCUT2D eigenvalue weighted by molar-refractivity contribution is 9.10. The van der Waals surface area contributed by atoms with Gasteiger partial charge in [0, 0.05) is 23.1 Å². The van der Waals surface area contributed by atoms with Gasteiger partial charge in [-0.3, -0.25) is 5.01 Å². The van der Waals surface area contributed by atoms with Crippen molar-refractivity contribution in [2.75, 3.05) is 38.2 Å². The molecule has 0 atom stereocenters. The number of hydrazone groups is 1. The fraction of sp³-hybridized carbons (Fsp3) is 0.278. The summed E-state index contributed by atoms with van der Waals surface area (Å²) in [5.74, 6) is 0.611. The smallest absolute Gasteiger partial charge is 0.142 e. The zero-order valence-electron chi connectivity index (χ0n) is 13.5. The Morgan fingerprint density at radius 2 is 1.88 bits per heavy atom.